The highest BCUT2D eigenvalue weighted by molar-refractivity contribution is 5.66. The van der Waals surface area contributed by atoms with E-state index in [0.29, 0.717) is 12.5 Å². The van der Waals surface area contributed by atoms with Gasteiger partial charge in [-0.1, -0.05) is 18.2 Å². The summed E-state index contributed by atoms with van der Waals surface area (Å²) in [6.45, 7) is 3.08. The first kappa shape index (κ1) is 12.9. The van der Waals surface area contributed by atoms with Crippen molar-refractivity contribution in [2.45, 2.75) is 38.6 Å². The van der Waals surface area contributed by atoms with E-state index in [1.807, 2.05) is 18.2 Å². The summed E-state index contributed by atoms with van der Waals surface area (Å²) < 4.78 is 0. The minimum Gasteiger partial charge on any atom is -0.481 e. The van der Waals surface area contributed by atoms with Gasteiger partial charge in [0.1, 0.15) is 0 Å². The molecule has 0 saturated heterocycles. The van der Waals surface area contributed by atoms with E-state index in [-0.39, 0.29) is 6.42 Å². The minimum atomic E-state index is -0.706. The summed E-state index contributed by atoms with van der Waals surface area (Å²) in [7, 11) is 0. The van der Waals surface area contributed by atoms with Crippen LogP contribution in [0.25, 0.3) is 0 Å². The van der Waals surface area contributed by atoms with Crippen LogP contribution in [0.5, 0.6) is 0 Å². The van der Waals surface area contributed by atoms with Crippen molar-refractivity contribution in [3.63, 3.8) is 0 Å². The first-order valence-corrected chi connectivity index (χ1v) is 6.72. The van der Waals surface area contributed by atoms with Crippen molar-refractivity contribution in [1.29, 1.82) is 0 Å². The van der Waals surface area contributed by atoms with Crippen LogP contribution in [0.1, 0.15) is 32.6 Å². The summed E-state index contributed by atoms with van der Waals surface area (Å²) >= 11 is 0. The molecule has 1 aliphatic carbocycles. The van der Waals surface area contributed by atoms with Crippen molar-refractivity contribution in [3.05, 3.63) is 30.3 Å². The Kier molecular flexibility index (Phi) is 4.24. The maximum Gasteiger partial charge on any atom is 0.303 e. The molecule has 1 aromatic carbocycles. The van der Waals surface area contributed by atoms with Gasteiger partial charge in [-0.3, -0.25) is 4.79 Å². The van der Waals surface area contributed by atoms with Crippen LogP contribution in [0, 0.1) is 5.92 Å². The maximum atomic E-state index is 10.6. The van der Waals surface area contributed by atoms with Gasteiger partial charge in [-0.2, -0.15) is 0 Å². The zero-order chi connectivity index (χ0) is 13.0. The number of rotatable bonds is 7. The van der Waals surface area contributed by atoms with Gasteiger partial charge in [0.25, 0.3) is 0 Å². The van der Waals surface area contributed by atoms with E-state index in [2.05, 4.69) is 24.0 Å². The Bertz CT molecular complexity index is 387. The van der Waals surface area contributed by atoms with Gasteiger partial charge < -0.3 is 10.0 Å². The fourth-order valence-electron chi connectivity index (χ4n) is 2.42. The second kappa shape index (κ2) is 5.89. The third kappa shape index (κ3) is 3.49. The molecule has 0 aromatic heterocycles. The number of anilines is 1. The third-order valence-corrected chi connectivity index (χ3v) is 3.67. The molecule has 0 amide bonds. The van der Waals surface area contributed by atoms with Crippen LogP contribution in [0.4, 0.5) is 5.69 Å². The number of benzene rings is 1. The average molecular weight is 247 g/mol. The number of carbonyl (C=O) groups is 1. The third-order valence-electron chi connectivity index (χ3n) is 3.67. The normalized spacial score (nSPS) is 16.3. The highest BCUT2D eigenvalue weighted by Gasteiger charge is 2.31. The minimum absolute atomic E-state index is 0.251. The van der Waals surface area contributed by atoms with E-state index < -0.39 is 5.97 Å². The molecule has 1 atom stereocenters. The lowest BCUT2D eigenvalue weighted by atomic mass is 10.1. The molecule has 1 N–H and O–H groups in total. The zero-order valence-electron chi connectivity index (χ0n) is 10.9. The number of hydrogen-bond donors (Lipinski definition) is 1. The molecule has 3 heteroatoms. The zero-order valence-corrected chi connectivity index (χ0v) is 10.9. The van der Waals surface area contributed by atoms with Crippen molar-refractivity contribution in [1.82, 2.24) is 0 Å². The molecular formula is C15H21NO2. The molecular weight excluding hydrogens is 226 g/mol. The van der Waals surface area contributed by atoms with Crippen molar-refractivity contribution in [2.24, 2.45) is 5.92 Å². The predicted molar refractivity (Wildman–Crippen MR) is 72.8 cm³/mol. The molecule has 0 aliphatic heterocycles. The van der Waals surface area contributed by atoms with Crippen molar-refractivity contribution < 1.29 is 9.90 Å². The van der Waals surface area contributed by atoms with Gasteiger partial charge >= 0.3 is 5.97 Å². The number of hydrogen-bond acceptors (Lipinski definition) is 2. The molecule has 3 nitrogen and oxygen atoms in total. The smallest absolute Gasteiger partial charge is 0.303 e. The van der Waals surface area contributed by atoms with Crippen LogP contribution in [-0.2, 0) is 4.79 Å². The monoisotopic (exact) mass is 247 g/mol. The first-order chi connectivity index (χ1) is 8.68. The Morgan fingerprint density at radius 3 is 2.61 bits per heavy atom. The van der Waals surface area contributed by atoms with Gasteiger partial charge in [0, 0.05) is 24.7 Å². The summed E-state index contributed by atoms with van der Waals surface area (Å²) in [5, 5.41) is 8.74. The Hall–Kier alpha value is -1.51. The number of para-hydroxylation sites is 1. The largest absolute Gasteiger partial charge is 0.481 e. The summed E-state index contributed by atoms with van der Waals surface area (Å²) in [4.78, 5) is 13.0. The second-order valence-electron chi connectivity index (χ2n) is 5.10. The second-order valence-corrected chi connectivity index (χ2v) is 5.10. The van der Waals surface area contributed by atoms with E-state index >= 15 is 0 Å². The Morgan fingerprint density at radius 1 is 1.39 bits per heavy atom. The lowest BCUT2D eigenvalue weighted by Crippen LogP contribution is -2.35. The van der Waals surface area contributed by atoms with Gasteiger partial charge in [-0.25, -0.2) is 0 Å². The fourth-order valence-corrected chi connectivity index (χ4v) is 2.42. The van der Waals surface area contributed by atoms with Crippen LogP contribution >= 0.6 is 0 Å². The van der Waals surface area contributed by atoms with E-state index in [9.17, 15) is 4.79 Å². The molecule has 1 aromatic rings. The first-order valence-electron chi connectivity index (χ1n) is 6.72. The van der Waals surface area contributed by atoms with Crippen LogP contribution in [0.3, 0.4) is 0 Å². The Morgan fingerprint density at radius 2 is 2.06 bits per heavy atom. The van der Waals surface area contributed by atoms with Crippen molar-refractivity contribution in [2.75, 3.05) is 11.4 Å². The number of carboxylic acid groups (broad SMARTS) is 1. The summed E-state index contributed by atoms with van der Waals surface area (Å²) in [5.74, 6) is 0.0807. The topological polar surface area (TPSA) is 40.5 Å². The van der Waals surface area contributed by atoms with E-state index in [4.69, 9.17) is 5.11 Å². The van der Waals surface area contributed by atoms with Gasteiger partial charge in [-0.05, 0) is 44.2 Å². The molecule has 1 aliphatic rings. The fraction of sp³-hybridized carbons (Fsp3) is 0.533. The Balaban J connectivity index is 2.00. The standard InChI is InChI=1S/C15H21NO2/c1-12(13-9-10-13)16(11-5-8-15(17)18)14-6-3-2-4-7-14/h2-4,6-7,12-13H,5,8-11H2,1H3,(H,17,18). The average Bonchev–Trinajstić information content (AvgIpc) is 3.19. The number of aliphatic carboxylic acids is 1. The van der Waals surface area contributed by atoms with Crippen LogP contribution in [0.15, 0.2) is 30.3 Å². The lowest BCUT2D eigenvalue weighted by Gasteiger charge is -2.31. The highest BCUT2D eigenvalue weighted by Crippen LogP contribution is 2.36. The SMILES string of the molecule is CC(C1CC1)N(CCCC(=O)O)c1ccccc1. The molecule has 0 radical (unpaired) electrons. The molecule has 1 fully saturated rings. The van der Waals surface area contributed by atoms with Crippen LogP contribution in [0.2, 0.25) is 0 Å². The number of carboxylic acids is 1. The highest BCUT2D eigenvalue weighted by atomic mass is 16.4. The molecule has 0 heterocycles. The Labute approximate surface area is 108 Å². The van der Waals surface area contributed by atoms with E-state index in [1.165, 1.54) is 18.5 Å². The van der Waals surface area contributed by atoms with E-state index in [1.54, 1.807) is 0 Å². The maximum absolute atomic E-state index is 10.6. The molecule has 2 rings (SSSR count). The van der Waals surface area contributed by atoms with Crippen LogP contribution in [-0.4, -0.2) is 23.7 Å². The van der Waals surface area contributed by atoms with Crippen molar-refractivity contribution >= 4 is 11.7 Å². The summed E-state index contributed by atoms with van der Waals surface area (Å²) in [6, 6.07) is 10.8. The molecule has 1 unspecified atom stereocenters. The van der Waals surface area contributed by atoms with E-state index in [0.717, 1.165) is 12.5 Å². The van der Waals surface area contributed by atoms with Gasteiger partial charge in [-0.15, -0.1) is 0 Å². The van der Waals surface area contributed by atoms with Crippen molar-refractivity contribution in [3.8, 4) is 0 Å². The van der Waals surface area contributed by atoms with Crippen LogP contribution < -0.4 is 4.90 Å². The molecule has 0 spiro atoms. The summed E-state index contributed by atoms with van der Waals surface area (Å²) in [5.41, 5.74) is 1.21. The quantitative estimate of drug-likeness (QED) is 0.804. The van der Waals surface area contributed by atoms with Gasteiger partial charge in [0.05, 0.1) is 0 Å². The van der Waals surface area contributed by atoms with Gasteiger partial charge in [0.2, 0.25) is 0 Å². The van der Waals surface area contributed by atoms with Gasteiger partial charge in [0.15, 0.2) is 0 Å². The molecule has 1 saturated carbocycles. The lowest BCUT2D eigenvalue weighted by molar-refractivity contribution is -0.137. The summed E-state index contributed by atoms with van der Waals surface area (Å²) in [6.07, 6.45) is 3.58. The predicted octanol–water partition coefficient (Wildman–Crippen LogP) is 3.16. The molecule has 18 heavy (non-hydrogen) atoms. The molecule has 0 bridgehead atoms. The number of nitrogens with zero attached hydrogens (tertiary/aromatic N) is 1. The molecule has 98 valence electrons.